The molecular formula is C5H10OS. The van der Waals surface area contributed by atoms with Gasteiger partial charge in [-0.15, -0.1) is 12.6 Å². The van der Waals surface area contributed by atoms with Crippen molar-refractivity contribution in [2.24, 2.45) is 5.92 Å². The highest BCUT2D eigenvalue weighted by molar-refractivity contribution is 7.96. The van der Waals surface area contributed by atoms with E-state index in [2.05, 4.69) is 12.6 Å². The van der Waals surface area contributed by atoms with Crippen LogP contribution in [-0.4, -0.2) is 5.12 Å². The molecule has 0 fully saturated rings. The van der Waals surface area contributed by atoms with Crippen LogP contribution in [0, 0.1) is 5.92 Å². The maximum absolute atomic E-state index is 10.2. The molecule has 0 N–H and O–H groups in total. The SMILES string of the molecule is CCC(C)C(=O)S. The lowest BCUT2D eigenvalue weighted by Crippen LogP contribution is -2.00. The highest BCUT2D eigenvalue weighted by Gasteiger charge is 2.02. The van der Waals surface area contributed by atoms with Crippen molar-refractivity contribution < 1.29 is 4.79 Å². The highest BCUT2D eigenvalue weighted by Crippen LogP contribution is 2.02. The molecule has 0 aromatic rings. The molecule has 1 atom stereocenters. The first kappa shape index (κ1) is 7.02. The largest absolute Gasteiger partial charge is 0.287 e. The molecule has 0 saturated carbocycles. The number of carbonyl (C=O) groups excluding carboxylic acids is 1. The summed E-state index contributed by atoms with van der Waals surface area (Å²) in [5.41, 5.74) is 0. The van der Waals surface area contributed by atoms with E-state index in [-0.39, 0.29) is 11.0 Å². The fourth-order valence-corrected chi connectivity index (χ4v) is 0.357. The standard InChI is InChI=1S/C5H10OS/c1-3-4(2)5(6)7/h4H,3H2,1-2H3,(H,6,7). The zero-order valence-electron chi connectivity index (χ0n) is 4.64. The zero-order valence-corrected chi connectivity index (χ0v) is 5.53. The van der Waals surface area contributed by atoms with Gasteiger partial charge in [0, 0.05) is 5.92 Å². The summed E-state index contributed by atoms with van der Waals surface area (Å²) >= 11 is 3.63. The van der Waals surface area contributed by atoms with Gasteiger partial charge in [-0.2, -0.15) is 0 Å². The molecule has 0 aliphatic heterocycles. The number of thiol groups is 1. The lowest BCUT2D eigenvalue weighted by molar-refractivity contribution is -0.113. The Morgan fingerprint density at radius 1 is 1.86 bits per heavy atom. The summed E-state index contributed by atoms with van der Waals surface area (Å²) in [7, 11) is 0. The molecule has 0 aliphatic rings. The van der Waals surface area contributed by atoms with Crippen LogP contribution in [0.2, 0.25) is 0 Å². The van der Waals surface area contributed by atoms with Crippen LogP contribution in [0.3, 0.4) is 0 Å². The van der Waals surface area contributed by atoms with Gasteiger partial charge in [0.1, 0.15) is 0 Å². The van der Waals surface area contributed by atoms with Gasteiger partial charge >= 0.3 is 0 Å². The number of hydrogen-bond acceptors (Lipinski definition) is 1. The Bertz CT molecular complexity index is 70.5. The van der Waals surface area contributed by atoms with Crippen LogP contribution < -0.4 is 0 Å². The van der Waals surface area contributed by atoms with E-state index in [0.29, 0.717) is 0 Å². The smallest absolute Gasteiger partial charge is 0.188 e. The van der Waals surface area contributed by atoms with E-state index in [1.807, 2.05) is 13.8 Å². The van der Waals surface area contributed by atoms with Crippen molar-refractivity contribution in [1.82, 2.24) is 0 Å². The third kappa shape index (κ3) is 2.68. The molecule has 0 aromatic carbocycles. The van der Waals surface area contributed by atoms with Gasteiger partial charge in [0.2, 0.25) is 0 Å². The Labute approximate surface area is 49.5 Å². The molecule has 0 aromatic heterocycles. The van der Waals surface area contributed by atoms with Gasteiger partial charge in [0.05, 0.1) is 0 Å². The minimum atomic E-state index is -0.0116. The first-order valence-electron chi connectivity index (χ1n) is 2.41. The summed E-state index contributed by atoms with van der Waals surface area (Å²) in [6, 6.07) is 0. The fourth-order valence-electron chi connectivity index (χ4n) is 0.175. The molecule has 0 rings (SSSR count). The fraction of sp³-hybridized carbons (Fsp3) is 0.800. The molecular weight excluding hydrogens is 108 g/mol. The van der Waals surface area contributed by atoms with Gasteiger partial charge in [-0.1, -0.05) is 13.8 Å². The second kappa shape index (κ2) is 3.08. The van der Waals surface area contributed by atoms with Crippen molar-refractivity contribution in [2.75, 3.05) is 0 Å². The van der Waals surface area contributed by atoms with E-state index >= 15 is 0 Å². The summed E-state index contributed by atoms with van der Waals surface area (Å²) in [6.07, 6.45) is 0.891. The Morgan fingerprint density at radius 2 is 2.29 bits per heavy atom. The van der Waals surface area contributed by atoms with Crippen LogP contribution in [0.15, 0.2) is 0 Å². The summed E-state index contributed by atoms with van der Waals surface area (Å²) in [5, 5.41) is -0.0116. The third-order valence-corrected chi connectivity index (χ3v) is 1.47. The first-order valence-corrected chi connectivity index (χ1v) is 2.86. The monoisotopic (exact) mass is 118 g/mol. The third-order valence-electron chi connectivity index (χ3n) is 1.03. The maximum Gasteiger partial charge on any atom is 0.188 e. The van der Waals surface area contributed by atoms with Crippen molar-refractivity contribution in [2.45, 2.75) is 20.3 Å². The average Bonchev–Trinajstić information content (AvgIpc) is 1.65. The average molecular weight is 118 g/mol. The Kier molecular flexibility index (Phi) is 3.09. The topological polar surface area (TPSA) is 17.1 Å². The predicted octanol–water partition coefficient (Wildman–Crippen LogP) is 1.49. The van der Waals surface area contributed by atoms with Crippen molar-refractivity contribution in [3.63, 3.8) is 0 Å². The molecule has 0 amide bonds. The Morgan fingerprint density at radius 3 is 2.29 bits per heavy atom. The van der Waals surface area contributed by atoms with Crippen LogP contribution in [0.4, 0.5) is 0 Å². The molecule has 1 unspecified atom stereocenters. The van der Waals surface area contributed by atoms with Crippen molar-refractivity contribution >= 4 is 17.7 Å². The molecule has 1 nitrogen and oxygen atoms in total. The van der Waals surface area contributed by atoms with Crippen LogP contribution in [-0.2, 0) is 4.79 Å². The second-order valence-corrected chi connectivity index (χ2v) is 2.09. The minimum Gasteiger partial charge on any atom is -0.287 e. The summed E-state index contributed by atoms with van der Waals surface area (Å²) in [6.45, 7) is 3.84. The van der Waals surface area contributed by atoms with E-state index < -0.39 is 0 Å². The van der Waals surface area contributed by atoms with E-state index in [4.69, 9.17) is 0 Å². The van der Waals surface area contributed by atoms with Gasteiger partial charge in [-0.3, -0.25) is 4.79 Å². The number of hydrogen-bond donors (Lipinski definition) is 1. The zero-order chi connectivity index (χ0) is 5.86. The predicted molar refractivity (Wildman–Crippen MR) is 33.4 cm³/mol. The molecule has 0 radical (unpaired) electrons. The number of carbonyl (C=O) groups is 1. The first-order chi connectivity index (χ1) is 3.18. The quantitative estimate of drug-likeness (QED) is 0.543. The summed E-state index contributed by atoms with van der Waals surface area (Å²) in [5.74, 6) is 0.128. The molecule has 0 saturated heterocycles. The van der Waals surface area contributed by atoms with Crippen molar-refractivity contribution in [3.05, 3.63) is 0 Å². The van der Waals surface area contributed by atoms with Gasteiger partial charge < -0.3 is 0 Å². The van der Waals surface area contributed by atoms with Crippen LogP contribution in [0.1, 0.15) is 20.3 Å². The van der Waals surface area contributed by atoms with Crippen LogP contribution in [0.25, 0.3) is 0 Å². The van der Waals surface area contributed by atoms with E-state index in [9.17, 15) is 4.79 Å². The van der Waals surface area contributed by atoms with Gasteiger partial charge in [0.25, 0.3) is 0 Å². The van der Waals surface area contributed by atoms with E-state index in [0.717, 1.165) is 6.42 Å². The second-order valence-electron chi connectivity index (χ2n) is 1.65. The van der Waals surface area contributed by atoms with E-state index in [1.165, 1.54) is 0 Å². The van der Waals surface area contributed by atoms with Crippen molar-refractivity contribution in [1.29, 1.82) is 0 Å². The number of rotatable bonds is 2. The molecule has 2 heteroatoms. The lowest BCUT2D eigenvalue weighted by atomic mass is 10.1. The van der Waals surface area contributed by atoms with Gasteiger partial charge in [-0.05, 0) is 6.42 Å². The molecule has 0 bridgehead atoms. The Hall–Kier alpha value is 0.0200. The van der Waals surface area contributed by atoms with Gasteiger partial charge in [-0.25, -0.2) is 0 Å². The molecule has 7 heavy (non-hydrogen) atoms. The van der Waals surface area contributed by atoms with Crippen LogP contribution >= 0.6 is 12.6 Å². The Balaban J connectivity index is 3.34. The lowest BCUT2D eigenvalue weighted by Gasteiger charge is -1.97. The normalized spacial score (nSPS) is 13.6. The molecule has 0 spiro atoms. The van der Waals surface area contributed by atoms with Crippen molar-refractivity contribution in [3.8, 4) is 0 Å². The molecule has 0 aliphatic carbocycles. The van der Waals surface area contributed by atoms with E-state index in [1.54, 1.807) is 0 Å². The minimum absolute atomic E-state index is 0.0116. The highest BCUT2D eigenvalue weighted by atomic mass is 32.1. The maximum atomic E-state index is 10.2. The molecule has 0 heterocycles. The molecule has 42 valence electrons. The summed E-state index contributed by atoms with van der Waals surface area (Å²) < 4.78 is 0. The van der Waals surface area contributed by atoms with Crippen LogP contribution in [0.5, 0.6) is 0 Å². The summed E-state index contributed by atoms with van der Waals surface area (Å²) in [4.78, 5) is 10.2. The van der Waals surface area contributed by atoms with Gasteiger partial charge in [0.15, 0.2) is 5.12 Å².